The minimum atomic E-state index is -0.290. The monoisotopic (exact) mass is 370 g/mol. The fraction of sp³-hybridized carbons (Fsp3) is 0.0833. The quantitative estimate of drug-likeness (QED) is 0.550. The molecule has 0 aliphatic heterocycles. The molecular formula is C24H22N2O2. The first-order valence-corrected chi connectivity index (χ1v) is 9.05. The number of nitrogens with one attached hydrogen (secondary N) is 1. The third-order valence-corrected chi connectivity index (χ3v) is 4.34. The molecule has 4 rings (SSSR count). The Morgan fingerprint density at radius 1 is 0.750 bits per heavy atom. The number of benzene rings is 4. The maximum absolute atomic E-state index is 10.9. The van der Waals surface area contributed by atoms with E-state index in [4.69, 9.17) is 5.73 Å². The Bertz CT molecular complexity index is 1030. The SMILES string of the molecule is CC(=O)Nc1cccc2ccccc12.NC(=O)Cc1cccc2ccccc12. The van der Waals surface area contributed by atoms with Crippen molar-refractivity contribution in [1.82, 2.24) is 0 Å². The highest BCUT2D eigenvalue weighted by atomic mass is 16.1. The number of carbonyl (C=O) groups is 2. The molecule has 0 saturated heterocycles. The molecule has 0 fully saturated rings. The van der Waals surface area contributed by atoms with Gasteiger partial charge in [-0.3, -0.25) is 9.59 Å². The van der Waals surface area contributed by atoms with Crippen LogP contribution in [0.25, 0.3) is 21.5 Å². The normalized spacial score (nSPS) is 10.2. The van der Waals surface area contributed by atoms with Crippen LogP contribution in [0.15, 0.2) is 84.9 Å². The summed E-state index contributed by atoms with van der Waals surface area (Å²) in [5.41, 5.74) is 7.04. The van der Waals surface area contributed by atoms with Crippen molar-refractivity contribution >= 4 is 39.0 Å². The Hall–Kier alpha value is -3.66. The molecule has 0 spiro atoms. The van der Waals surface area contributed by atoms with Gasteiger partial charge in [0, 0.05) is 18.0 Å². The number of amides is 2. The van der Waals surface area contributed by atoms with Crippen LogP contribution in [-0.2, 0) is 16.0 Å². The number of anilines is 1. The predicted molar refractivity (Wildman–Crippen MR) is 115 cm³/mol. The average molecular weight is 370 g/mol. The van der Waals surface area contributed by atoms with Gasteiger partial charge in [0.1, 0.15) is 0 Å². The van der Waals surface area contributed by atoms with E-state index in [0.717, 1.165) is 32.8 Å². The zero-order valence-electron chi connectivity index (χ0n) is 15.7. The number of hydrogen-bond donors (Lipinski definition) is 2. The topological polar surface area (TPSA) is 72.2 Å². The molecule has 140 valence electrons. The van der Waals surface area contributed by atoms with Crippen molar-refractivity contribution in [3.8, 4) is 0 Å². The Labute approximate surface area is 164 Å². The van der Waals surface area contributed by atoms with Crippen LogP contribution < -0.4 is 11.1 Å². The smallest absolute Gasteiger partial charge is 0.221 e. The lowest BCUT2D eigenvalue weighted by molar-refractivity contribution is -0.117. The Balaban J connectivity index is 0.000000161. The van der Waals surface area contributed by atoms with Gasteiger partial charge in [0.05, 0.1) is 6.42 Å². The second-order valence-electron chi connectivity index (χ2n) is 6.49. The van der Waals surface area contributed by atoms with Gasteiger partial charge in [0.25, 0.3) is 0 Å². The molecule has 4 nitrogen and oxygen atoms in total. The second kappa shape index (κ2) is 8.82. The number of rotatable bonds is 3. The van der Waals surface area contributed by atoms with Crippen molar-refractivity contribution in [1.29, 1.82) is 0 Å². The van der Waals surface area contributed by atoms with Crippen LogP contribution in [0.4, 0.5) is 5.69 Å². The highest BCUT2D eigenvalue weighted by molar-refractivity contribution is 6.01. The van der Waals surface area contributed by atoms with Gasteiger partial charge in [-0.15, -0.1) is 0 Å². The first kappa shape index (κ1) is 19.1. The van der Waals surface area contributed by atoms with E-state index in [9.17, 15) is 9.59 Å². The van der Waals surface area contributed by atoms with Crippen LogP contribution in [0.2, 0.25) is 0 Å². The van der Waals surface area contributed by atoms with E-state index in [1.54, 1.807) is 0 Å². The Morgan fingerprint density at radius 3 is 1.93 bits per heavy atom. The summed E-state index contributed by atoms with van der Waals surface area (Å²) in [5.74, 6) is -0.331. The van der Waals surface area contributed by atoms with Crippen molar-refractivity contribution in [2.75, 3.05) is 5.32 Å². The van der Waals surface area contributed by atoms with E-state index < -0.39 is 0 Å². The molecule has 4 aromatic rings. The van der Waals surface area contributed by atoms with E-state index >= 15 is 0 Å². The van der Waals surface area contributed by atoms with Crippen LogP contribution >= 0.6 is 0 Å². The van der Waals surface area contributed by atoms with E-state index in [0.29, 0.717) is 6.42 Å². The molecule has 0 aliphatic carbocycles. The lowest BCUT2D eigenvalue weighted by Crippen LogP contribution is -2.13. The number of primary amides is 1. The maximum Gasteiger partial charge on any atom is 0.221 e. The number of hydrogen-bond acceptors (Lipinski definition) is 2. The van der Waals surface area contributed by atoms with Gasteiger partial charge >= 0.3 is 0 Å². The number of fused-ring (bicyclic) bond motifs is 2. The molecule has 0 aliphatic rings. The van der Waals surface area contributed by atoms with Crippen molar-refractivity contribution in [3.63, 3.8) is 0 Å². The first-order chi connectivity index (χ1) is 13.5. The molecule has 28 heavy (non-hydrogen) atoms. The van der Waals surface area contributed by atoms with Gasteiger partial charge in [0.2, 0.25) is 11.8 Å². The van der Waals surface area contributed by atoms with Gasteiger partial charge in [-0.25, -0.2) is 0 Å². The summed E-state index contributed by atoms with van der Waals surface area (Å²) in [4.78, 5) is 21.8. The van der Waals surface area contributed by atoms with Crippen molar-refractivity contribution < 1.29 is 9.59 Å². The molecule has 0 atom stereocenters. The van der Waals surface area contributed by atoms with E-state index in [1.165, 1.54) is 6.92 Å². The van der Waals surface area contributed by atoms with Gasteiger partial charge in [0.15, 0.2) is 0 Å². The van der Waals surface area contributed by atoms with Crippen LogP contribution in [0.1, 0.15) is 12.5 Å². The molecule has 0 bridgehead atoms. The minimum absolute atomic E-state index is 0.0404. The molecule has 0 unspecified atom stereocenters. The second-order valence-corrected chi connectivity index (χ2v) is 6.49. The van der Waals surface area contributed by atoms with Crippen molar-refractivity contribution in [2.45, 2.75) is 13.3 Å². The van der Waals surface area contributed by atoms with E-state index in [1.807, 2.05) is 84.9 Å². The highest BCUT2D eigenvalue weighted by Crippen LogP contribution is 2.22. The van der Waals surface area contributed by atoms with Crippen LogP contribution in [-0.4, -0.2) is 11.8 Å². The fourth-order valence-corrected chi connectivity index (χ4v) is 3.16. The number of nitrogens with two attached hydrogens (primary N) is 1. The first-order valence-electron chi connectivity index (χ1n) is 9.05. The van der Waals surface area contributed by atoms with Gasteiger partial charge < -0.3 is 11.1 Å². The van der Waals surface area contributed by atoms with Gasteiger partial charge in [-0.2, -0.15) is 0 Å². The molecular weight excluding hydrogens is 348 g/mol. The third kappa shape index (κ3) is 4.74. The molecule has 0 saturated carbocycles. The molecule has 4 heteroatoms. The van der Waals surface area contributed by atoms with Gasteiger partial charge in [-0.1, -0.05) is 78.9 Å². The van der Waals surface area contributed by atoms with Crippen molar-refractivity contribution in [3.05, 3.63) is 90.5 Å². The molecule has 0 heterocycles. The standard InChI is InChI=1S/2C12H11NO/c1-9(14)13-12-8-4-6-10-5-2-3-7-11(10)12;13-12(14)8-10-6-3-5-9-4-1-2-7-11(9)10/h2-8H,1H3,(H,13,14);1-7H,8H2,(H2,13,14). The Morgan fingerprint density at radius 2 is 1.29 bits per heavy atom. The van der Waals surface area contributed by atoms with Crippen LogP contribution in [0.5, 0.6) is 0 Å². The summed E-state index contributed by atoms with van der Waals surface area (Å²) in [5, 5.41) is 7.27. The van der Waals surface area contributed by atoms with Crippen molar-refractivity contribution in [2.24, 2.45) is 5.73 Å². The highest BCUT2D eigenvalue weighted by Gasteiger charge is 2.02. The molecule has 3 N–H and O–H groups in total. The zero-order chi connectivity index (χ0) is 19.9. The third-order valence-electron chi connectivity index (χ3n) is 4.34. The molecule has 2 amide bonds. The minimum Gasteiger partial charge on any atom is -0.369 e. The molecule has 4 aromatic carbocycles. The molecule has 0 radical (unpaired) electrons. The van der Waals surface area contributed by atoms with Crippen LogP contribution in [0.3, 0.4) is 0 Å². The summed E-state index contributed by atoms with van der Waals surface area (Å²) in [6.07, 6.45) is 0.307. The Kier molecular flexibility index (Phi) is 6.02. The summed E-state index contributed by atoms with van der Waals surface area (Å²) < 4.78 is 0. The largest absolute Gasteiger partial charge is 0.369 e. The van der Waals surface area contributed by atoms with E-state index in [-0.39, 0.29) is 11.8 Å². The van der Waals surface area contributed by atoms with Crippen LogP contribution in [0, 0.1) is 0 Å². The summed E-state index contributed by atoms with van der Waals surface area (Å²) in [7, 11) is 0. The average Bonchev–Trinajstić information content (AvgIpc) is 2.68. The molecule has 0 aromatic heterocycles. The van der Waals surface area contributed by atoms with E-state index in [2.05, 4.69) is 5.32 Å². The van der Waals surface area contributed by atoms with Gasteiger partial charge in [-0.05, 0) is 27.8 Å². The zero-order valence-corrected chi connectivity index (χ0v) is 15.7. The maximum atomic E-state index is 10.9. The summed E-state index contributed by atoms with van der Waals surface area (Å²) >= 11 is 0. The number of carbonyl (C=O) groups excluding carboxylic acids is 2. The predicted octanol–water partition coefficient (Wildman–Crippen LogP) is 4.67. The lowest BCUT2D eigenvalue weighted by atomic mass is 10.0. The fourth-order valence-electron chi connectivity index (χ4n) is 3.16. The summed E-state index contributed by atoms with van der Waals surface area (Å²) in [6.45, 7) is 1.52. The lowest BCUT2D eigenvalue weighted by Gasteiger charge is -2.05. The summed E-state index contributed by atoms with van der Waals surface area (Å²) in [6, 6.07) is 27.7.